The number of aliphatic hydroxyl groups is 1. The molecule has 5 heteroatoms. The van der Waals surface area contributed by atoms with Gasteiger partial charge in [0.05, 0.1) is 18.8 Å². The van der Waals surface area contributed by atoms with Crippen molar-refractivity contribution in [2.24, 2.45) is 0 Å². The second kappa shape index (κ2) is 5.42. The number of rotatable bonds is 4. The van der Waals surface area contributed by atoms with Crippen LogP contribution < -0.4 is 5.32 Å². The van der Waals surface area contributed by atoms with E-state index in [2.05, 4.69) is 5.32 Å². The highest BCUT2D eigenvalue weighted by Gasteiger charge is 2.51. The highest BCUT2D eigenvalue weighted by atomic mass is 16.6. The van der Waals surface area contributed by atoms with E-state index in [9.17, 15) is 9.90 Å². The zero-order chi connectivity index (χ0) is 14.0. The van der Waals surface area contributed by atoms with Gasteiger partial charge in [-0.3, -0.25) is 0 Å². The summed E-state index contributed by atoms with van der Waals surface area (Å²) < 4.78 is 10.7. The molecule has 3 atom stereocenters. The fourth-order valence-corrected chi connectivity index (χ4v) is 2.96. The molecule has 20 heavy (non-hydrogen) atoms. The van der Waals surface area contributed by atoms with Gasteiger partial charge in [-0.15, -0.1) is 0 Å². The van der Waals surface area contributed by atoms with Crippen molar-refractivity contribution in [1.82, 2.24) is 5.32 Å². The van der Waals surface area contributed by atoms with Crippen LogP contribution in [0.2, 0.25) is 0 Å². The van der Waals surface area contributed by atoms with E-state index in [-0.39, 0.29) is 25.4 Å². The van der Waals surface area contributed by atoms with Crippen molar-refractivity contribution in [2.75, 3.05) is 6.54 Å². The fraction of sp³-hybridized carbons (Fsp3) is 0.533. The Balaban J connectivity index is 1.43. The normalized spacial score (nSPS) is 31.2. The Morgan fingerprint density at radius 3 is 2.85 bits per heavy atom. The molecule has 2 fully saturated rings. The van der Waals surface area contributed by atoms with E-state index in [0.717, 1.165) is 18.4 Å². The minimum absolute atomic E-state index is 0.145. The molecule has 0 aliphatic carbocycles. The molecule has 0 aromatic heterocycles. The Hall–Kier alpha value is -1.59. The average Bonchev–Trinajstić information content (AvgIpc) is 3.04. The SMILES string of the molecule is O=C(NC[C@]1(O)C[C@H]2CC[C@@H]1O2)OCc1ccccc1. The Morgan fingerprint density at radius 1 is 1.40 bits per heavy atom. The summed E-state index contributed by atoms with van der Waals surface area (Å²) in [7, 11) is 0. The van der Waals surface area contributed by atoms with Gasteiger partial charge in [-0.1, -0.05) is 30.3 Å². The monoisotopic (exact) mass is 277 g/mol. The highest BCUT2D eigenvalue weighted by Crippen LogP contribution is 2.41. The molecule has 2 N–H and O–H groups in total. The highest BCUT2D eigenvalue weighted by molar-refractivity contribution is 5.67. The summed E-state index contributed by atoms with van der Waals surface area (Å²) >= 11 is 0. The summed E-state index contributed by atoms with van der Waals surface area (Å²) in [6, 6.07) is 9.49. The summed E-state index contributed by atoms with van der Waals surface area (Å²) in [6.07, 6.45) is 1.95. The van der Waals surface area contributed by atoms with Gasteiger partial charge in [-0.25, -0.2) is 4.79 Å². The number of carbonyl (C=O) groups is 1. The molecule has 3 rings (SSSR count). The van der Waals surface area contributed by atoms with Crippen LogP contribution in [0, 0.1) is 0 Å². The predicted octanol–water partition coefficient (Wildman–Crippen LogP) is 1.60. The zero-order valence-corrected chi connectivity index (χ0v) is 11.2. The molecule has 2 aliphatic heterocycles. The lowest BCUT2D eigenvalue weighted by Crippen LogP contribution is -2.49. The second-order valence-corrected chi connectivity index (χ2v) is 5.55. The maximum Gasteiger partial charge on any atom is 0.407 e. The minimum Gasteiger partial charge on any atom is -0.445 e. The molecule has 0 spiro atoms. The summed E-state index contributed by atoms with van der Waals surface area (Å²) in [4.78, 5) is 11.6. The van der Waals surface area contributed by atoms with Gasteiger partial charge in [0.25, 0.3) is 0 Å². The average molecular weight is 277 g/mol. The van der Waals surface area contributed by atoms with Gasteiger partial charge in [0.15, 0.2) is 0 Å². The first kappa shape index (κ1) is 13.4. The third-order valence-electron chi connectivity index (χ3n) is 4.04. The Bertz CT molecular complexity index is 478. The number of ether oxygens (including phenoxy) is 2. The van der Waals surface area contributed by atoms with Crippen LogP contribution in [0.3, 0.4) is 0 Å². The van der Waals surface area contributed by atoms with Crippen molar-refractivity contribution in [1.29, 1.82) is 0 Å². The number of benzene rings is 1. The quantitative estimate of drug-likeness (QED) is 0.877. The first-order valence-corrected chi connectivity index (χ1v) is 6.98. The molecular weight excluding hydrogens is 258 g/mol. The number of alkyl carbamates (subject to hydrolysis) is 1. The Labute approximate surface area is 117 Å². The smallest absolute Gasteiger partial charge is 0.407 e. The molecule has 2 heterocycles. The van der Waals surface area contributed by atoms with Crippen LogP contribution in [0.5, 0.6) is 0 Å². The van der Waals surface area contributed by atoms with Crippen molar-refractivity contribution in [3.63, 3.8) is 0 Å². The van der Waals surface area contributed by atoms with Crippen molar-refractivity contribution in [3.05, 3.63) is 35.9 Å². The van der Waals surface area contributed by atoms with E-state index < -0.39 is 11.7 Å². The largest absolute Gasteiger partial charge is 0.445 e. The second-order valence-electron chi connectivity index (χ2n) is 5.55. The van der Waals surface area contributed by atoms with Gasteiger partial charge in [0.1, 0.15) is 12.2 Å². The van der Waals surface area contributed by atoms with Gasteiger partial charge in [-0.05, 0) is 18.4 Å². The number of hydrogen-bond donors (Lipinski definition) is 2. The number of hydrogen-bond acceptors (Lipinski definition) is 4. The van der Waals surface area contributed by atoms with Crippen LogP contribution in [-0.4, -0.2) is 35.6 Å². The molecule has 108 valence electrons. The lowest BCUT2D eigenvalue weighted by molar-refractivity contribution is -0.0275. The third-order valence-corrected chi connectivity index (χ3v) is 4.04. The van der Waals surface area contributed by atoms with Crippen molar-refractivity contribution < 1.29 is 19.4 Å². The molecule has 2 saturated heterocycles. The van der Waals surface area contributed by atoms with Gasteiger partial charge >= 0.3 is 6.09 Å². The number of amides is 1. The van der Waals surface area contributed by atoms with Crippen molar-refractivity contribution in [3.8, 4) is 0 Å². The third kappa shape index (κ3) is 2.78. The van der Waals surface area contributed by atoms with Gasteiger partial charge in [0, 0.05) is 6.42 Å². The van der Waals surface area contributed by atoms with Crippen LogP contribution >= 0.6 is 0 Å². The summed E-state index contributed by atoms with van der Waals surface area (Å²) in [6.45, 7) is 0.412. The van der Waals surface area contributed by atoms with Crippen molar-refractivity contribution in [2.45, 2.75) is 43.7 Å². The summed E-state index contributed by atoms with van der Waals surface area (Å²) in [5, 5.41) is 13.0. The van der Waals surface area contributed by atoms with Crippen LogP contribution in [0.15, 0.2) is 30.3 Å². The molecule has 2 aliphatic rings. The van der Waals surface area contributed by atoms with E-state index in [1.165, 1.54) is 0 Å². The maximum atomic E-state index is 11.6. The topological polar surface area (TPSA) is 67.8 Å². The van der Waals surface area contributed by atoms with E-state index in [1.54, 1.807) is 0 Å². The summed E-state index contributed by atoms with van der Waals surface area (Å²) in [5.74, 6) is 0. The molecule has 1 aromatic carbocycles. The first-order valence-electron chi connectivity index (χ1n) is 6.98. The van der Waals surface area contributed by atoms with Crippen LogP contribution in [0.1, 0.15) is 24.8 Å². The first-order chi connectivity index (χ1) is 9.66. The Morgan fingerprint density at radius 2 is 2.20 bits per heavy atom. The minimum atomic E-state index is -0.936. The predicted molar refractivity (Wildman–Crippen MR) is 72.1 cm³/mol. The molecule has 0 unspecified atom stereocenters. The number of fused-ring (bicyclic) bond motifs is 2. The molecule has 5 nitrogen and oxygen atoms in total. The lowest BCUT2D eigenvalue weighted by atomic mass is 9.85. The molecular formula is C15H19NO4. The molecule has 1 amide bonds. The fourth-order valence-electron chi connectivity index (χ4n) is 2.96. The van der Waals surface area contributed by atoms with Gasteiger partial charge in [0.2, 0.25) is 0 Å². The molecule has 0 radical (unpaired) electrons. The van der Waals surface area contributed by atoms with Gasteiger partial charge < -0.3 is 19.9 Å². The summed E-state index contributed by atoms with van der Waals surface area (Å²) in [5.41, 5.74) is -0.000998. The lowest BCUT2D eigenvalue weighted by Gasteiger charge is -2.29. The van der Waals surface area contributed by atoms with Crippen molar-refractivity contribution >= 4 is 6.09 Å². The maximum absolute atomic E-state index is 11.6. The molecule has 2 bridgehead atoms. The molecule has 1 aromatic rings. The number of nitrogens with one attached hydrogen (secondary N) is 1. The van der Waals surface area contributed by atoms with Gasteiger partial charge in [-0.2, -0.15) is 0 Å². The zero-order valence-electron chi connectivity index (χ0n) is 11.2. The van der Waals surface area contributed by atoms with Crippen LogP contribution in [-0.2, 0) is 16.1 Å². The van der Waals surface area contributed by atoms with Crippen LogP contribution in [0.25, 0.3) is 0 Å². The van der Waals surface area contributed by atoms with E-state index in [4.69, 9.17) is 9.47 Å². The standard InChI is InChI=1S/C15H19NO4/c17-14(19-9-11-4-2-1-3-5-11)16-10-15(18)8-12-6-7-13(15)20-12/h1-5,12-13,18H,6-10H2,(H,16,17)/t12-,13+,15-/m1/s1. The number of carbonyl (C=O) groups excluding carboxylic acids is 1. The van der Waals surface area contributed by atoms with Crippen LogP contribution in [0.4, 0.5) is 4.79 Å². The van der Waals surface area contributed by atoms with E-state index in [0.29, 0.717) is 6.42 Å². The van der Waals surface area contributed by atoms with E-state index in [1.807, 2.05) is 30.3 Å². The molecule has 0 saturated carbocycles. The van der Waals surface area contributed by atoms with E-state index >= 15 is 0 Å². The Kier molecular flexibility index (Phi) is 3.63.